The third-order valence-electron chi connectivity index (χ3n) is 2.82. The molecule has 1 aromatic carbocycles. The molecule has 0 spiro atoms. The quantitative estimate of drug-likeness (QED) is 0.812. The van der Waals surface area contributed by atoms with Gasteiger partial charge in [0.05, 0.1) is 6.54 Å². The molecule has 6 heteroatoms. The number of aliphatic hydroxyl groups is 1. The van der Waals surface area contributed by atoms with Crippen LogP contribution in [0.4, 0.5) is 14.9 Å². The minimum Gasteiger partial charge on any atom is -0.384 e. The average molecular weight is 294 g/mol. The number of thiophene rings is 1. The van der Waals surface area contributed by atoms with Crippen molar-refractivity contribution in [1.82, 2.24) is 5.32 Å². The van der Waals surface area contributed by atoms with Gasteiger partial charge < -0.3 is 15.7 Å². The highest BCUT2D eigenvalue weighted by molar-refractivity contribution is 7.08. The first-order valence-corrected chi connectivity index (χ1v) is 6.97. The Hall–Kier alpha value is -1.92. The van der Waals surface area contributed by atoms with Gasteiger partial charge >= 0.3 is 6.03 Å². The highest BCUT2D eigenvalue weighted by Crippen LogP contribution is 2.22. The van der Waals surface area contributed by atoms with Crippen molar-refractivity contribution in [1.29, 1.82) is 0 Å². The van der Waals surface area contributed by atoms with Gasteiger partial charge in [-0.25, -0.2) is 9.18 Å². The molecular weight excluding hydrogens is 279 g/mol. The predicted molar refractivity (Wildman–Crippen MR) is 77.3 cm³/mol. The first-order valence-electron chi connectivity index (χ1n) is 6.03. The van der Waals surface area contributed by atoms with Crippen molar-refractivity contribution in [3.8, 4) is 0 Å². The van der Waals surface area contributed by atoms with Crippen LogP contribution in [-0.2, 0) is 5.60 Å². The Bertz CT molecular complexity index is 585. The molecule has 0 aliphatic carbocycles. The van der Waals surface area contributed by atoms with Crippen LogP contribution in [0.15, 0.2) is 41.1 Å². The molecule has 2 amide bonds. The van der Waals surface area contributed by atoms with Gasteiger partial charge in [-0.3, -0.25) is 0 Å². The number of carbonyl (C=O) groups excluding carboxylic acids is 1. The van der Waals surface area contributed by atoms with E-state index in [-0.39, 0.29) is 6.54 Å². The topological polar surface area (TPSA) is 61.4 Å². The van der Waals surface area contributed by atoms with Crippen LogP contribution in [0.5, 0.6) is 0 Å². The summed E-state index contributed by atoms with van der Waals surface area (Å²) in [6, 6.07) is 6.91. The molecule has 2 aromatic rings. The van der Waals surface area contributed by atoms with Gasteiger partial charge in [0.15, 0.2) is 0 Å². The summed E-state index contributed by atoms with van der Waals surface area (Å²) >= 11 is 1.47. The molecule has 1 atom stereocenters. The Labute approximate surface area is 120 Å². The lowest BCUT2D eigenvalue weighted by Crippen LogP contribution is -2.40. The second kappa shape index (κ2) is 6.02. The molecule has 0 aliphatic rings. The second-order valence-corrected chi connectivity index (χ2v) is 5.38. The molecule has 0 radical (unpaired) electrons. The highest BCUT2D eigenvalue weighted by atomic mass is 32.1. The molecule has 0 aliphatic heterocycles. The van der Waals surface area contributed by atoms with Crippen molar-refractivity contribution in [2.45, 2.75) is 12.5 Å². The van der Waals surface area contributed by atoms with Crippen LogP contribution in [0.2, 0.25) is 0 Å². The number of urea groups is 1. The highest BCUT2D eigenvalue weighted by Gasteiger charge is 2.24. The molecule has 20 heavy (non-hydrogen) atoms. The van der Waals surface area contributed by atoms with Crippen molar-refractivity contribution in [3.63, 3.8) is 0 Å². The van der Waals surface area contributed by atoms with Gasteiger partial charge in [-0.15, -0.1) is 0 Å². The summed E-state index contributed by atoms with van der Waals surface area (Å²) in [5, 5.41) is 19.0. The van der Waals surface area contributed by atoms with E-state index in [2.05, 4.69) is 10.6 Å². The molecule has 0 unspecified atom stereocenters. The van der Waals surface area contributed by atoms with Crippen LogP contribution < -0.4 is 10.6 Å². The van der Waals surface area contributed by atoms with Crippen molar-refractivity contribution < 1.29 is 14.3 Å². The van der Waals surface area contributed by atoms with Crippen LogP contribution in [0.3, 0.4) is 0 Å². The number of nitrogens with one attached hydrogen (secondary N) is 2. The molecule has 106 valence electrons. The Morgan fingerprint density at radius 2 is 2.25 bits per heavy atom. The fourth-order valence-electron chi connectivity index (χ4n) is 1.67. The van der Waals surface area contributed by atoms with Gasteiger partial charge in [-0.05, 0) is 47.5 Å². The lowest BCUT2D eigenvalue weighted by Gasteiger charge is -2.22. The van der Waals surface area contributed by atoms with Gasteiger partial charge in [0.1, 0.15) is 11.4 Å². The van der Waals surface area contributed by atoms with Crippen LogP contribution in [0.1, 0.15) is 12.5 Å². The zero-order chi connectivity index (χ0) is 14.6. The van der Waals surface area contributed by atoms with Crippen LogP contribution in [0.25, 0.3) is 0 Å². The van der Waals surface area contributed by atoms with E-state index in [1.807, 2.05) is 10.8 Å². The van der Waals surface area contributed by atoms with E-state index in [4.69, 9.17) is 0 Å². The summed E-state index contributed by atoms with van der Waals surface area (Å²) in [7, 11) is 0. The number of anilines is 1. The molecule has 2 rings (SSSR count). The number of amides is 2. The smallest absolute Gasteiger partial charge is 0.319 e. The van der Waals surface area contributed by atoms with E-state index < -0.39 is 17.4 Å². The summed E-state index contributed by atoms with van der Waals surface area (Å²) in [4.78, 5) is 11.7. The first kappa shape index (κ1) is 14.5. The van der Waals surface area contributed by atoms with Crippen molar-refractivity contribution in [2.75, 3.05) is 11.9 Å². The lowest BCUT2D eigenvalue weighted by molar-refractivity contribution is 0.0604. The third kappa shape index (κ3) is 3.79. The fraction of sp³-hybridized carbons (Fsp3) is 0.214. The Morgan fingerprint density at radius 3 is 2.90 bits per heavy atom. The van der Waals surface area contributed by atoms with Crippen molar-refractivity contribution in [2.24, 2.45) is 0 Å². The van der Waals surface area contributed by atoms with E-state index in [0.29, 0.717) is 5.69 Å². The van der Waals surface area contributed by atoms with Gasteiger partial charge in [0.2, 0.25) is 0 Å². The Kier molecular flexibility index (Phi) is 4.36. The molecule has 0 saturated heterocycles. The minimum atomic E-state index is -1.14. The number of hydrogen-bond acceptors (Lipinski definition) is 3. The second-order valence-electron chi connectivity index (χ2n) is 4.60. The molecule has 4 nitrogen and oxygen atoms in total. The number of carbonyl (C=O) groups is 1. The molecule has 0 saturated carbocycles. The summed E-state index contributed by atoms with van der Waals surface area (Å²) in [6.07, 6.45) is 0. The maximum absolute atomic E-state index is 13.0. The zero-order valence-corrected chi connectivity index (χ0v) is 11.7. The van der Waals surface area contributed by atoms with Crippen LogP contribution in [-0.4, -0.2) is 17.7 Å². The third-order valence-corrected chi connectivity index (χ3v) is 3.50. The first-order chi connectivity index (χ1) is 9.47. The van der Waals surface area contributed by atoms with Crippen LogP contribution >= 0.6 is 11.3 Å². The monoisotopic (exact) mass is 294 g/mol. The zero-order valence-electron chi connectivity index (χ0n) is 10.9. The van der Waals surface area contributed by atoms with E-state index in [9.17, 15) is 14.3 Å². The fourth-order valence-corrected chi connectivity index (χ4v) is 2.45. The van der Waals surface area contributed by atoms with E-state index in [0.717, 1.165) is 5.56 Å². The number of rotatable bonds is 4. The maximum Gasteiger partial charge on any atom is 0.319 e. The molecule has 0 fully saturated rings. The summed E-state index contributed by atoms with van der Waals surface area (Å²) in [5.74, 6) is -0.423. The normalized spacial score (nSPS) is 13.6. The largest absolute Gasteiger partial charge is 0.384 e. The molecule has 1 heterocycles. The number of hydrogen-bond donors (Lipinski definition) is 3. The minimum absolute atomic E-state index is 0.0604. The lowest BCUT2D eigenvalue weighted by atomic mass is 9.99. The summed E-state index contributed by atoms with van der Waals surface area (Å²) < 4.78 is 13.0. The standard InChI is InChI=1S/C14H15FN2O2S/c1-14(19,10-5-6-20-8-10)9-16-13(18)17-12-4-2-3-11(15)7-12/h2-8,19H,9H2,1H3,(H2,16,17,18)/t14-/m0/s1. The van der Waals surface area contributed by atoms with E-state index in [1.165, 1.54) is 29.5 Å². The van der Waals surface area contributed by atoms with Gasteiger partial charge in [0, 0.05) is 5.69 Å². The summed E-state index contributed by atoms with van der Waals surface area (Å²) in [5.41, 5.74) is -0.0366. The average Bonchev–Trinajstić information content (AvgIpc) is 2.91. The molecular formula is C14H15FN2O2S. The summed E-state index contributed by atoms with van der Waals surface area (Å²) in [6.45, 7) is 1.68. The van der Waals surface area contributed by atoms with Gasteiger partial charge in [-0.1, -0.05) is 6.07 Å². The van der Waals surface area contributed by atoms with Gasteiger partial charge in [0.25, 0.3) is 0 Å². The SMILES string of the molecule is C[C@](O)(CNC(=O)Nc1cccc(F)c1)c1ccsc1. The van der Waals surface area contributed by atoms with E-state index >= 15 is 0 Å². The number of halogens is 1. The molecule has 1 aromatic heterocycles. The van der Waals surface area contributed by atoms with Crippen molar-refractivity contribution >= 4 is 23.1 Å². The molecule has 3 N–H and O–H groups in total. The van der Waals surface area contributed by atoms with Crippen molar-refractivity contribution in [3.05, 3.63) is 52.5 Å². The van der Waals surface area contributed by atoms with Crippen LogP contribution in [0, 0.1) is 5.82 Å². The Morgan fingerprint density at radius 1 is 1.45 bits per heavy atom. The molecule has 0 bridgehead atoms. The predicted octanol–water partition coefficient (Wildman–Crippen LogP) is 2.92. The van der Waals surface area contributed by atoms with Gasteiger partial charge in [-0.2, -0.15) is 11.3 Å². The van der Waals surface area contributed by atoms with E-state index in [1.54, 1.807) is 19.1 Å². The number of benzene rings is 1. The maximum atomic E-state index is 13.0. The Balaban J connectivity index is 1.89.